The summed E-state index contributed by atoms with van der Waals surface area (Å²) in [6.07, 6.45) is 5.17. The summed E-state index contributed by atoms with van der Waals surface area (Å²) in [7, 11) is 0. The van der Waals surface area contributed by atoms with Gasteiger partial charge in [-0.25, -0.2) is 9.37 Å². The first-order chi connectivity index (χ1) is 12.2. The van der Waals surface area contributed by atoms with E-state index in [1.54, 1.807) is 23.9 Å². The van der Waals surface area contributed by atoms with Crippen molar-refractivity contribution < 1.29 is 13.9 Å². The lowest BCUT2D eigenvalue weighted by molar-refractivity contribution is 0.1000. The van der Waals surface area contributed by atoms with Crippen LogP contribution in [0, 0.1) is 5.82 Å². The van der Waals surface area contributed by atoms with Gasteiger partial charge in [0.2, 0.25) is 0 Å². The molecule has 0 atom stereocenters. The quantitative estimate of drug-likeness (QED) is 0.795. The fraction of sp³-hybridized carbons (Fsp3) is 0.444. The molecule has 2 heterocycles. The lowest BCUT2D eigenvalue weighted by Crippen LogP contribution is -2.18. The minimum Gasteiger partial charge on any atom is -0.501 e. The number of nitrogens with one attached hydrogen (secondary N) is 1. The molecule has 3 rings (SSSR count). The van der Waals surface area contributed by atoms with Crippen LogP contribution in [-0.2, 0) is 15.2 Å². The minimum atomic E-state index is -0.578. The smallest absolute Gasteiger partial charge is 0.261 e. The summed E-state index contributed by atoms with van der Waals surface area (Å²) in [6, 6.07) is 3.01. The van der Waals surface area contributed by atoms with Gasteiger partial charge in [0.15, 0.2) is 0 Å². The van der Waals surface area contributed by atoms with Gasteiger partial charge in [-0.1, -0.05) is 0 Å². The predicted octanol–water partition coefficient (Wildman–Crippen LogP) is 3.48. The number of halogens is 1. The van der Waals surface area contributed by atoms with E-state index < -0.39 is 11.4 Å². The van der Waals surface area contributed by atoms with E-state index in [2.05, 4.69) is 9.97 Å². The highest BCUT2D eigenvalue weighted by Crippen LogP contribution is 2.25. The van der Waals surface area contributed by atoms with Crippen LogP contribution in [0.2, 0.25) is 0 Å². The fourth-order valence-electron chi connectivity index (χ4n) is 2.72. The number of thioether (sulfide) groups is 1. The van der Waals surface area contributed by atoms with Crippen molar-refractivity contribution in [3.05, 3.63) is 46.0 Å². The number of nitrogens with zero attached hydrogens (tertiary/aromatic N) is 1. The lowest BCUT2D eigenvalue weighted by Gasteiger charge is -2.21. The minimum absolute atomic E-state index is 0.00613. The fourth-order valence-corrected chi connectivity index (χ4v) is 3.78. The van der Waals surface area contributed by atoms with E-state index in [0.29, 0.717) is 34.5 Å². The van der Waals surface area contributed by atoms with E-state index in [1.807, 2.05) is 6.92 Å². The van der Waals surface area contributed by atoms with Crippen molar-refractivity contribution in [1.29, 1.82) is 0 Å². The third-order valence-corrected chi connectivity index (χ3v) is 5.36. The number of rotatable bonds is 6. The number of hydrogen-bond acceptors (Lipinski definition) is 5. The zero-order valence-electron chi connectivity index (χ0n) is 14.1. The Morgan fingerprint density at radius 3 is 3.00 bits per heavy atom. The predicted molar refractivity (Wildman–Crippen MR) is 98.1 cm³/mol. The summed E-state index contributed by atoms with van der Waals surface area (Å²) in [4.78, 5) is 19.4. The Balaban J connectivity index is 1.84. The van der Waals surface area contributed by atoms with Gasteiger partial charge < -0.3 is 14.5 Å². The van der Waals surface area contributed by atoms with E-state index >= 15 is 0 Å². The first kappa shape index (κ1) is 17.9. The van der Waals surface area contributed by atoms with Crippen LogP contribution < -0.4 is 5.56 Å². The Bertz CT molecular complexity index is 816. The second-order valence-electron chi connectivity index (χ2n) is 5.79. The van der Waals surface area contributed by atoms with Crippen molar-refractivity contribution in [2.75, 3.05) is 19.8 Å². The summed E-state index contributed by atoms with van der Waals surface area (Å²) < 4.78 is 24.8. The molecule has 7 heteroatoms. The number of H-pyrrole nitrogens is 1. The number of hydrogen-bond donors (Lipinski definition) is 1. The first-order valence-electron chi connectivity index (χ1n) is 8.37. The SMILES string of the molecule is CCO/C=C/c1cc(F)c2c(=O)[nH]c(CSC3CCOCC3)nc2c1. The van der Waals surface area contributed by atoms with Gasteiger partial charge in [-0.3, -0.25) is 4.79 Å². The first-order valence-corrected chi connectivity index (χ1v) is 9.42. The van der Waals surface area contributed by atoms with E-state index in [1.165, 1.54) is 12.3 Å². The molecule has 5 nitrogen and oxygen atoms in total. The molecular formula is C18H21FN2O3S. The van der Waals surface area contributed by atoms with Crippen molar-refractivity contribution in [3.8, 4) is 0 Å². The molecular weight excluding hydrogens is 343 g/mol. The number of aromatic nitrogens is 2. The average Bonchev–Trinajstić information content (AvgIpc) is 2.60. The number of fused-ring (bicyclic) bond motifs is 1. The number of aromatic amines is 1. The third-order valence-electron chi connectivity index (χ3n) is 3.98. The molecule has 0 amide bonds. The van der Waals surface area contributed by atoms with E-state index in [4.69, 9.17) is 9.47 Å². The highest BCUT2D eigenvalue weighted by atomic mass is 32.2. The Kier molecular flexibility index (Phi) is 6.09. The van der Waals surface area contributed by atoms with Crippen molar-refractivity contribution >= 4 is 28.7 Å². The highest BCUT2D eigenvalue weighted by Gasteiger charge is 2.16. The Morgan fingerprint density at radius 1 is 1.44 bits per heavy atom. The molecule has 0 saturated carbocycles. The van der Waals surface area contributed by atoms with Gasteiger partial charge in [0, 0.05) is 18.5 Å². The maximum Gasteiger partial charge on any atom is 0.261 e. The number of benzene rings is 1. The second kappa shape index (κ2) is 8.49. The average molecular weight is 364 g/mol. The lowest BCUT2D eigenvalue weighted by atomic mass is 10.1. The maximum atomic E-state index is 14.3. The van der Waals surface area contributed by atoms with E-state index in [0.717, 1.165) is 26.1 Å². The van der Waals surface area contributed by atoms with Gasteiger partial charge >= 0.3 is 0 Å². The van der Waals surface area contributed by atoms with Crippen LogP contribution in [0.3, 0.4) is 0 Å². The van der Waals surface area contributed by atoms with Crippen LogP contribution in [0.15, 0.2) is 23.2 Å². The molecule has 0 bridgehead atoms. The van der Waals surface area contributed by atoms with Crippen molar-refractivity contribution in [3.63, 3.8) is 0 Å². The molecule has 0 spiro atoms. The normalized spacial score (nSPS) is 15.9. The van der Waals surface area contributed by atoms with Gasteiger partial charge in [0.25, 0.3) is 5.56 Å². The van der Waals surface area contributed by atoms with Crippen molar-refractivity contribution in [2.24, 2.45) is 0 Å². The molecule has 0 aliphatic carbocycles. The molecule has 0 unspecified atom stereocenters. The molecule has 1 aliphatic rings. The molecule has 1 fully saturated rings. The molecule has 134 valence electrons. The van der Waals surface area contributed by atoms with Crippen LogP contribution >= 0.6 is 11.8 Å². The van der Waals surface area contributed by atoms with Crippen LogP contribution in [0.25, 0.3) is 17.0 Å². The maximum absolute atomic E-state index is 14.3. The van der Waals surface area contributed by atoms with Gasteiger partial charge in [0.05, 0.1) is 24.1 Å². The van der Waals surface area contributed by atoms with Crippen LogP contribution in [-0.4, -0.2) is 35.0 Å². The molecule has 2 aromatic rings. The molecule has 1 N–H and O–H groups in total. The second-order valence-corrected chi connectivity index (χ2v) is 7.08. The van der Waals surface area contributed by atoms with Crippen LogP contribution in [0.4, 0.5) is 4.39 Å². The summed E-state index contributed by atoms with van der Waals surface area (Å²) in [5.74, 6) is 0.585. The van der Waals surface area contributed by atoms with E-state index in [-0.39, 0.29) is 5.39 Å². The van der Waals surface area contributed by atoms with Crippen LogP contribution in [0.5, 0.6) is 0 Å². The monoisotopic (exact) mass is 364 g/mol. The summed E-state index contributed by atoms with van der Waals surface area (Å²) in [5.41, 5.74) is 0.535. The number of ether oxygens (including phenoxy) is 2. The highest BCUT2D eigenvalue weighted by molar-refractivity contribution is 7.99. The van der Waals surface area contributed by atoms with Gasteiger partial charge in [0.1, 0.15) is 17.0 Å². The molecule has 1 saturated heterocycles. The topological polar surface area (TPSA) is 64.2 Å². The molecule has 1 aliphatic heterocycles. The standard InChI is InChI=1S/C18H21FN2O3S/c1-2-23-6-3-12-9-14(19)17-15(10-12)20-16(21-18(17)22)11-25-13-4-7-24-8-5-13/h3,6,9-10,13H,2,4-5,7-8,11H2,1H3,(H,20,21,22)/b6-3+. The van der Waals surface area contributed by atoms with Crippen molar-refractivity contribution in [2.45, 2.75) is 30.8 Å². The molecule has 0 radical (unpaired) electrons. The molecule has 1 aromatic carbocycles. The van der Waals surface area contributed by atoms with E-state index in [9.17, 15) is 9.18 Å². The van der Waals surface area contributed by atoms with Crippen molar-refractivity contribution in [1.82, 2.24) is 9.97 Å². The Labute approximate surface area is 149 Å². The summed E-state index contributed by atoms with van der Waals surface area (Å²) >= 11 is 1.75. The van der Waals surface area contributed by atoms with Gasteiger partial charge in [-0.15, -0.1) is 0 Å². The molecule has 1 aromatic heterocycles. The Hall–Kier alpha value is -1.86. The largest absolute Gasteiger partial charge is 0.501 e. The molecule has 25 heavy (non-hydrogen) atoms. The summed E-state index contributed by atoms with van der Waals surface area (Å²) in [6.45, 7) is 3.97. The zero-order valence-corrected chi connectivity index (χ0v) is 14.9. The van der Waals surface area contributed by atoms with Gasteiger partial charge in [-0.2, -0.15) is 11.8 Å². The van der Waals surface area contributed by atoms with Crippen LogP contribution in [0.1, 0.15) is 31.2 Å². The van der Waals surface area contributed by atoms with Gasteiger partial charge in [-0.05, 0) is 43.5 Å². The Morgan fingerprint density at radius 2 is 2.24 bits per heavy atom. The zero-order chi connectivity index (χ0) is 17.6. The summed E-state index contributed by atoms with van der Waals surface area (Å²) in [5, 5.41) is 0.500. The third kappa shape index (κ3) is 4.61.